The Morgan fingerprint density at radius 3 is 2.45 bits per heavy atom. The monoisotopic (exact) mass is 449 g/mol. The maximum Gasteiger partial charge on any atom is 0.138 e. The average molecular weight is 450 g/mol. The number of aliphatic hydroxyl groups is 1. The van der Waals surface area contributed by atoms with Crippen LogP contribution in [-0.4, -0.2) is 51.5 Å². The lowest BCUT2D eigenvalue weighted by molar-refractivity contribution is 0.0736. The minimum absolute atomic E-state index is 0.214. The molecule has 0 saturated carbocycles. The van der Waals surface area contributed by atoms with Gasteiger partial charge >= 0.3 is 0 Å². The summed E-state index contributed by atoms with van der Waals surface area (Å²) in [5.74, 6) is 3.25. The van der Waals surface area contributed by atoms with Crippen LogP contribution in [0.5, 0.6) is 11.5 Å². The molecule has 1 aliphatic rings. The van der Waals surface area contributed by atoms with Crippen LogP contribution in [0.1, 0.15) is 43.6 Å². The molecule has 0 spiro atoms. The zero-order valence-corrected chi connectivity index (χ0v) is 19.9. The molecule has 0 aliphatic carbocycles. The number of β-amino-alcohol motifs (C(OH)–C–C–N with tert-alkyl or cyclic N) is 1. The molecular weight excluding hydrogens is 414 g/mol. The van der Waals surface area contributed by atoms with Gasteiger partial charge in [-0.25, -0.2) is 4.98 Å². The molecule has 176 valence electrons. The Morgan fingerprint density at radius 1 is 1.03 bits per heavy atom. The fraction of sp³-hybridized carbons (Fsp3) is 0.444. The molecular formula is C27H35N3O3. The summed E-state index contributed by atoms with van der Waals surface area (Å²) in [5.41, 5.74) is 2.48. The predicted molar refractivity (Wildman–Crippen MR) is 130 cm³/mol. The number of aromatic nitrogens is 2. The molecule has 2 aromatic carbocycles. The largest absolute Gasteiger partial charge is 0.492 e. The van der Waals surface area contributed by atoms with E-state index in [1.807, 2.05) is 36.7 Å². The van der Waals surface area contributed by atoms with Crippen molar-refractivity contribution in [2.24, 2.45) is 0 Å². The summed E-state index contributed by atoms with van der Waals surface area (Å²) in [7, 11) is 0. The van der Waals surface area contributed by atoms with Gasteiger partial charge in [0.1, 0.15) is 36.1 Å². The zero-order chi connectivity index (χ0) is 23.2. The van der Waals surface area contributed by atoms with Crippen molar-refractivity contribution in [1.82, 2.24) is 14.5 Å². The molecule has 0 unspecified atom stereocenters. The summed E-state index contributed by atoms with van der Waals surface area (Å²) in [4.78, 5) is 6.58. The van der Waals surface area contributed by atoms with E-state index in [1.165, 1.54) is 11.1 Å². The van der Waals surface area contributed by atoms with Gasteiger partial charge in [-0.3, -0.25) is 4.90 Å². The van der Waals surface area contributed by atoms with Crippen LogP contribution >= 0.6 is 0 Å². The highest BCUT2D eigenvalue weighted by Crippen LogP contribution is 2.23. The molecule has 0 radical (unpaired) electrons. The Hall–Kier alpha value is -2.83. The lowest BCUT2D eigenvalue weighted by Crippen LogP contribution is -2.29. The van der Waals surface area contributed by atoms with E-state index in [4.69, 9.17) is 9.47 Å². The first-order valence-electron chi connectivity index (χ1n) is 11.9. The summed E-state index contributed by atoms with van der Waals surface area (Å²) in [6.45, 7) is 9.95. The van der Waals surface area contributed by atoms with Crippen LogP contribution in [0, 0.1) is 0 Å². The lowest BCUT2D eigenvalue weighted by Gasteiger charge is -2.18. The molecule has 2 atom stereocenters. The Labute approximate surface area is 196 Å². The zero-order valence-electron chi connectivity index (χ0n) is 19.9. The van der Waals surface area contributed by atoms with Gasteiger partial charge < -0.3 is 19.1 Å². The highest BCUT2D eigenvalue weighted by atomic mass is 16.5. The molecule has 0 bridgehead atoms. The first-order valence-corrected chi connectivity index (χ1v) is 11.9. The van der Waals surface area contributed by atoms with Crippen LogP contribution < -0.4 is 9.47 Å². The molecule has 1 N–H and O–H groups in total. The second kappa shape index (κ2) is 10.9. The van der Waals surface area contributed by atoms with Crippen LogP contribution in [0.3, 0.4) is 0 Å². The van der Waals surface area contributed by atoms with Crippen LogP contribution in [0.2, 0.25) is 0 Å². The van der Waals surface area contributed by atoms with Gasteiger partial charge in [-0.05, 0) is 41.3 Å². The number of rotatable bonds is 10. The van der Waals surface area contributed by atoms with Crippen molar-refractivity contribution in [3.63, 3.8) is 0 Å². The Balaban J connectivity index is 1.24. The Kier molecular flexibility index (Phi) is 7.68. The first-order chi connectivity index (χ1) is 16.0. The van der Waals surface area contributed by atoms with E-state index in [2.05, 4.69) is 59.5 Å². The van der Waals surface area contributed by atoms with Gasteiger partial charge in [0.05, 0.1) is 6.54 Å². The maximum absolute atomic E-state index is 10.5. The minimum atomic E-state index is -0.492. The second-order valence-electron chi connectivity index (χ2n) is 9.02. The predicted octanol–water partition coefficient (Wildman–Crippen LogP) is 4.27. The Bertz CT molecular complexity index is 998. The molecule has 33 heavy (non-hydrogen) atoms. The van der Waals surface area contributed by atoms with Crippen molar-refractivity contribution < 1.29 is 14.6 Å². The summed E-state index contributed by atoms with van der Waals surface area (Å²) < 4.78 is 14.1. The molecule has 1 saturated heterocycles. The number of hydrogen-bond donors (Lipinski definition) is 1. The minimum Gasteiger partial charge on any atom is -0.492 e. The fourth-order valence-corrected chi connectivity index (χ4v) is 4.25. The van der Waals surface area contributed by atoms with Crippen molar-refractivity contribution in [2.75, 3.05) is 19.7 Å². The molecule has 2 heterocycles. The normalized spacial score (nSPS) is 18.7. The number of imidazole rings is 1. The third-order valence-electron chi connectivity index (χ3n) is 6.20. The maximum atomic E-state index is 10.5. The van der Waals surface area contributed by atoms with Crippen molar-refractivity contribution in [1.29, 1.82) is 0 Å². The third kappa shape index (κ3) is 6.15. The molecule has 6 nitrogen and oxygen atoms in total. The fourth-order valence-electron chi connectivity index (χ4n) is 4.25. The van der Waals surface area contributed by atoms with Crippen LogP contribution in [0.25, 0.3) is 0 Å². The lowest BCUT2D eigenvalue weighted by atomic mass is 10.0. The molecule has 1 aromatic heterocycles. The van der Waals surface area contributed by atoms with E-state index in [1.54, 1.807) is 0 Å². The number of benzene rings is 2. The van der Waals surface area contributed by atoms with Gasteiger partial charge in [-0.2, -0.15) is 0 Å². The van der Waals surface area contributed by atoms with Gasteiger partial charge in [0.2, 0.25) is 0 Å². The number of hydrogen-bond acceptors (Lipinski definition) is 5. The van der Waals surface area contributed by atoms with E-state index in [9.17, 15) is 5.11 Å². The topological polar surface area (TPSA) is 59.8 Å². The van der Waals surface area contributed by atoms with E-state index in [0.29, 0.717) is 25.6 Å². The van der Waals surface area contributed by atoms with E-state index < -0.39 is 6.10 Å². The number of likely N-dealkylation sites (tertiary alicyclic amines) is 1. The molecule has 4 rings (SSSR count). The molecule has 1 aliphatic heterocycles. The molecule has 3 aromatic rings. The van der Waals surface area contributed by atoms with Crippen LogP contribution in [-0.2, 0) is 19.5 Å². The standard InChI is InChI=1S/C27H35N3O3/c1-4-27-28-13-14-30(27)15-16-32-23-9-5-21(6-10-23)17-29-18-25(31)26(19-29)33-24-11-7-22(8-12-24)20(2)3/h5-14,20,25-26,31H,4,15-19H2,1-3H3/t25-,26-/m0/s1. The molecule has 6 heteroatoms. The van der Waals surface area contributed by atoms with Gasteiger partial charge in [-0.1, -0.05) is 45.0 Å². The SMILES string of the molecule is CCc1nccn1CCOc1ccc(CN2C[C@H](Oc3ccc(C(C)C)cc3)[C@@H](O)C2)cc1. The van der Waals surface area contributed by atoms with Gasteiger partial charge in [0, 0.05) is 38.4 Å². The van der Waals surface area contributed by atoms with Gasteiger partial charge in [-0.15, -0.1) is 0 Å². The highest BCUT2D eigenvalue weighted by molar-refractivity contribution is 5.30. The van der Waals surface area contributed by atoms with E-state index in [-0.39, 0.29) is 6.10 Å². The number of nitrogens with zero attached hydrogens (tertiary/aromatic N) is 3. The number of ether oxygens (including phenoxy) is 2. The van der Waals surface area contributed by atoms with E-state index in [0.717, 1.165) is 36.8 Å². The summed E-state index contributed by atoms with van der Waals surface area (Å²) in [6, 6.07) is 16.4. The summed E-state index contributed by atoms with van der Waals surface area (Å²) >= 11 is 0. The second-order valence-corrected chi connectivity index (χ2v) is 9.02. The first kappa shape index (κ1) is 23.3. The molecule has 1 fully saturated rings. The Morgan fingerprint density at radius 2 is 1.76 bits per heavy atom. The highest BCUT2D eigenvalue weighted by Gasteiger charge is 2.33. The van der Waals surface area contributed by atoms with Gasteiger partial charge in [0.15, 0.2) is 0 Å². The number of aliphatic hydroxyl groups excluding tert-OH is 1. The summed E-state index contributed by atoms with van der Waals surface area (Å²) in [5, 5.41) is 10.5. The van der Waals surface area contributed by atoms with Gasteiger partial charge in [0.25, 0.3) is 0 Å². The van der Waals surface area contributed by atoms with Crippen LogP contribution in [0.15, 0.2) is 60.9 Å². The van der Waals surface area contributed by atoms with Crippen molar-refractivity contribution in [3.05, 3.63) is 77.9 Å². The third-order valence-corrected chi connectivity index (χ3v) is 6.20. The quantitative estimate of drug-likeness (QED) is 0.501. The number of aryl methyl sites for hydroxylation is 1. The van der Waals surface area contributed by atoms with E-state index >= 15 is 0 Å². The van der Waals surface area contributed by atoms with Crippen LogP contribution in [0.4, 0.5) is 0 Å². The van der Waals surface area contributed by atoms with Crippen molar-refractivity contribution in [2.45, 2.75) is 58.4 Å². The molecule has 0 amide bonds. The summed E-state index contributed by atoms with van der Waals surface area (Å²) in [6.07, 6.45) is 4.04. The smallest absolute Gasteiger partial charge is 0.138 e. The average Bonchev–Trinajstić information content (AvgIpc) is 3.41. The van der Waals surface area contributed by atoms with Crippen molar-refractivity contribution >= 4 is 0 Å². The van der Waals surface area contributed by atoms with Crippen molar-refractivity contribution in [3.8, 4) is 11.5 Å².